The van der Waals surface area contributed by atoms with Crippen LogP contribution in [0.25, 0.3) is 0 Å². The van der Waals surface area contributed by atoms with E-state index in [2.05, 4.69) is 10.3 Å². The number of nitrogens with zero attached hydrogens (tertiary/aromatic N) is 1. The van der Waals surface area contributed by atoms with Gasteiger partial charge in [0.05, 0.1) is 11.7 Å². The predicted octanol–water partition coefficient (Wildman–Crippen LogP) is 0.346. The summed E-state index contributed by atoms with van der Waals surface area (Å²) >= 11 is 1.17. The summed E-state index contributed by atoms with van der Waals surface area (Å²) in [5.41, 5.74) is 1.51. The molecule has 0 saturated heterocycles. The van der Waals surface area contributed by atoms with Crippen molar-refractivity contribution < 1.29 is 14.7 Å². The zero-order valence-electron chi connectivity index (χ0n) is 6.85. The maximum absolute atomic E-state index is 11.2. The van der Waals surface area contributed by atoms with Gasteiger partial charge in [0, 0.05) is 0 Å². The lowest BCUT2D eigenvalue weighted by Crippen LogP contribution is -2.37. The smallest absolute Gasteiger partial charge is 0.325 e. The Balaban J connectivity index is 2.56. The van der Waals surface area contributed by atoms with E-state index >= 15 is 0 Å². The number of aromatic nitrogens is 1. The average molecular weight is 200 g/mol. The summed E-state index contributed by atoms with van der Waals surface area (Å²) in [5, 5.41) is 10.8. The molecule has 0 aliphatic carbocycles. The van der Waals surface area contributed by atoms with Gasteiger partial charge < -0.3 is 10.4 Å². The van der Waals surface area contributed by atoms with Gasteiger partial charge in [0.15, 0.2) is 0 Å². The molecule has 0 aliphatic rings. The van der Waals surface area contributed by atoms with Crippen molar-refractivity contribution in [2.45, 2.75) is 13.0 Å². The van der Waals surface area contributed by atoms with Gasteiger partial charge in [-0.2, -0.15) is 0 Å². The van der Waals surface area contributed by atoms with Crippen LogP contribution in [0.4, 0.5) is 0 Å². The fraction of sp³-hybridized carbons (Fsp3) is 0.286. The van der Waals surface area contributed by atoms with E-state index in [1.165, 1.54) is 30.0 Å². The highest BCUT2D eigenvalue weighted by molar-refractivity contribution is 7.11. The minimum absolute atomic E-state index is 0.405. The van der Waals surface area contributed by atoms with E-state index in [1.807, 2.05) is 0 Å². The number of carbonyl (C=O) groups excluding carboxylic acids is 1. The van der Waals surface area contributed by atoms with Crippen LogP contribution in [0.15, 0.2) is 11.7 Å². The molecule has 0 fully saturated rings. The van der Waals surface area contributed by atoms with Crippen molar-refractivity contribution in [3.8, 4) is 0 Å². The van der Waals surface area contributed by atoms with Crippen molar-refractivity contribution in [2.75, 3.05) is 0 Å². The summed E-state index contributed by atoms with van der Waals surface area (Å²) in [6.45, 7) is 1.40. The SMILES string of the molecule is CC(NC(=O)c1cncs1)C(=O)O. The lowest BCUT2D eigenvalue weighted by atomic mass is 10.3. The van der Waals surface area contributed by atoms with Crippen LogP contribution >= 0.6 is 11.3 Å². The molecule has 0 aliphatic heterocycles. The largest absolute Gasteiger partial charge is 0.480 e. The topological polar surface area (TPSA) is 79.3 Å². The molecule has 1 aromatic rings. The number of thiazole rings is 1. The molecule has 0 bridgehead atoms. The molecule has 0 saturated carbocycles. The molecule has 1 aromatic heterocycles. The van der Waals surface area contributed by atoms with Gasteiger partial charge in [-0.05, 0) is 6.92 Å². The molecule has 2 N–H and O–H groups in total. The zero-order valence-corrected chi connectivity index (χ0v) is 7.67. The summed E-state index contributed by atoms with van der Waals surface area (Å²) in [5.74, 6) is -1.46. The minimum Gasteiger partial charge on any atom is -0.480 e. The van der Waals surface area contributed by atoms with Crippen molar-refractivity contribution in [3.05, 3.63) is 16.6 Å². The van der Waals surface area contributed by atoms with Crippen molar-refractivity contribution in [3.63, 3.8) is 0 Å². The summed E-state index contributed by atoms with van der Waals surface area (Å²) in [6, 6.07) is -0.880. The highest BCUT2D eigenvalue weighted by Gasteiger charge is 2.15. The molecule has 6 heteroatoms. The van der Waals surface area contributed by atoms with Crippen LogP contribution in [-0.4, -0.2) is 28.0 Å². The Bertz CT molecular complexity index is 310. The highest BCUT2D eigenvalue weighted by atomic mass is 32.1. The monoisotopic (exact) mass is 200 g/mol. The molecule has 1 amide bonds. The molecule has 5 nitrogen and oxygen atoms in total. The van der Waals surface area contributed by atoms with Crippen LogP contribution in [0, 0.1) is 0 Å². The van der Waals surface area contributed by atoms with Crippen LogP contribution in [0.1, 0.15) is 16.6 Å². The number of hydrogen-bond donors (Lipinski definition) is 2. The van der Waals surface area contributed by atoms with Gasteiger partial charge in [-0.3, -0.25) is 14.6 Å². The number of carboxylic acids is 1. The standard InChI is InChI=1S/C7H8N2O3S/c1-4(7(11)12)9-6(10)5-2-8-3-13-5/h2-4H,1H3,(H,9,10)(H,11,12). The van der Waals surface area contributed by atoms with Gasteiger partial charge in [-0.15, -0.1) is 11.3 Å². The Morgan fingerprint density at radius 3 is 2.85 bits per heavy atom. The molecule has 1 atom stereocenters. The lowest BCUT2D eigenvalue weighted by Gasteiger charge is -2.06. The van der Waals surface area contributed by atoms with Gasteiger partial charge in [0.25, 0.3) is 5.91 Å². The molecule has 70 valence electrons. The van der Waals surface area contributed by atoms with E-state index in [0.717, 1.165) is 0 Å². The highest BCUT2D eigenvalue weighted by Crippen LogP contribution is 2.04. The quantitative estimate of drug-likeness (QED) is 0.737. The van der Waals surface area contributed by atoms with Crippen LogP contribution in [-0.2, 0) is 4.79 Å². The van der Waals surface area contributed by atoms with Gasteiger partial charge in [-0.1, -0.05) is 0 Å². The Morgan fingerprint density at radius 2 is 2.38 bits per heavy atom. The van der Waals surface area contributed by atoms with Crippen molar-refractivity contribution >= 4 is 23.2 Å². The normalized spacial score (nSPS) is 12.1. The van der Waals surface area contributed by atoms with Crippen LogP contribution in [0.2, 0.25) is 0 Å². The third kappa shape index (κ3) is 2.51. The first kappa shape index (κ1) is 9.66. The lowest BCUT2D eigenvalue weighted by molar-refractivity contribution is -0.138. The predicted molar refractivity (Wildman–Crippen MR) is 46.7 cm³/mol. The van der Waals surface area contributed by atoms with E-state index < -0.39 is 17.9 Å². The second-order valence-electron chi connectivity index (χ2n) is 2.40. The van der Waals surface area contributed by atoms with E-state index in [0.29, 0.717) is 4.88 Å². The summed E-state index contributed by atoms with van der Waals surface area (Å²) in [6.07, 6.45) is 1.40. The molecule has 1 unspecified atom stereocenters. The Morgan fingerprint density at radius 1 is 1.69 bits per heavy atom. The fourth-order valence-electron chi connectivity index (χ4n) is 0.657. The number of nitrogens with one attached hydrogen (secondary N) is 1. The molecular weight excluding hydrogens is 192 g/mol. The maximum atomic E-state index is 11.2. The second-order valence-corrected chi connectivity index (χ2v) is 3.29. The first-order valence-electron chi connectivity index (χ1n) is 3.53. The first-order valence-corrected chi connectivity index (χ1v) is 4.41. The fourth-order valence-corrected chi connectivity index (χ4v) is 1.18. The molecule has 0 radical (unpaired) electrons. The number of rotatable bonds is 3. The molecule has 0 aromatic carbocycles. The average Bonchev–Trinajstić information content (AvgIpc) is 2.55. The number of aliphatic carboxylic acids is 1. The van der Waals surface area contributed by atoms with Crippen molar-refractivity contribution in [2.24, 2.45) is 0 Å². The molecule has 1 heterocycles. The number of amides is 1. The van der Waals surface area contributed by atoms with Crippen LogP contribution < -0.4 is 5.32 Å². The summed E-state index contributed by atoms with van der Waals surface area (Å²) in [7, 11) is 0. The van der Waals surface area contributed by atoms with Gasteiger partial charge in [0.1, 0.15) is 10.9 Å². The third-order valence-electron chi connectivity index (χ3n) is 1.37. The molecular formula is C7H8N2O3S. The second kappa shape index (κ2) is 3.99. The van der Waals surface area contributed by atoms with Crippen LogP contribution in [0.3, 0.4) is 0 Å². The van der Waals surface area contributed by atoms with E-state index in [-0.39, 0.29) is 0 Å². The summed E-state index contributed by atoms with van der Waals surface area (Å²) < 4.78 is 0. The van der Waals surface area contributed by atoms with Gasteiger partial charge in [0.2, 0.25) is 0 Å². The van der Waals surface area contributed by atoms with E-state index in [9.17, 15) is 9.59 Å². The minimum atomic E-state index is -1.06. The Kier molecular flexibility index (Phi) is 2.97. The van der Waals surface area contributed by atoms with Gasteiger partial charge in [-0.25, -0.2) is 0 Å². The van der Waals surface area contributed by atoms with Gasteiger partial charge >= 0.3 is 5.97 Å². The molecule has 1 rings (SSSR count). The first-order chi connectivity index (χ1) is 6.11. The Hall–Kier alpha value is -1.43. The Labute approximate surface area is 78.4 Å². The van der Waals surface area contributed by atoms with E-state index in [4.69, 9.17) is 5.11 Å². The van der Waals surface area contributed by atoms with Crippen molar-refractivity contribution in [1.29, 1.82) is 0 Å². The van der Waals surface area contributed by atoms with E-state index in [1.54, 1.807) is 0 Å². The third-order valence-corrected chi connectivity index (χ3v) is 2.15. The van der Waals surface area contributed by atoms with Crippen molar-refractivity contribution in [1.82, 2.24) is 10.3 Å². The zero-order chi connectivity index (χ0) is 9.84. The number of carbonyl (C=O) groups is 2. The molecule has 13 heavy (non-hydrogen) atoms. The molecule has 0 spiro atoms. The number of hydrogen-bond acceptors (Lipinski definition) is 4. The van der Waals surface area contributed by atoms with Crippen LogP contribution in [0.5, 0.6) is 0 Å². The summed E-state index contributed by atoms with van der Waals surface area (Å²) in [4.78, 5) is 25.7. The number of carboxylic acid groups (broad SMARTS) is 1. The maximum Gasteiger partial charge on any atom is 0.325 e.